The number of halogens is 1. The van der Waals surface area contributed by atoms with Gasteiger partial charge in [0.25, 0.3) is 0 Å². The van der Waals surface area contributed by atoms with Gasteiger partial charge in [-0.15, -0.1) is 33.3 Å². The first kappa shape index (κ1) is 19.5. The van der Waals surface area contributed by atoms with Crippen molar-refractivity contribution in [2.75, 3.05) is 25.4 Å². The van der Waals surface area contributed by atoms with Crippen LogP contribution in [0.1, 0.15) is 25.0 Å². The molecule has 28 heavy (non-hydrogen) atoms. The van der Waals surface area contributed by atoms with Crippen LogP contribution in [-0.2, 0) is 0 Å². The number of nitrogens with zero attached hydrogens (tertiary/aromatic N) is 4. The number of likely N-dealkylation sites (tertiary alicyclic amines) is 1. The molecule has 3 heterocycles. The summed E-state index contributed by atoms with van der Waals surface area (Å²) in [5, 5.41) is 10.6. The number of rotatable bonds is 6. The first-order valence-electron chi connectivity index (χ1n) is 9.62. The Morgan fingerprint density at radius 2 is 1.82 bits per heavy atom. The van der Waals surface area contributed by atoms with Gasteiger partial charge in [0.1, 0.15) is 21.5 Å². The molecule has 0 spiro atoms. The standard InChI is InChI=1S/C21H23FN4S2/c1-15-20(28-21(23-15)16-5-7-17(22)8-6-16)18-9-10-19(25-24-18)27-14-13-26-11-3-2-4-12-26/h5-10H,2-4,11-14H2,1H3. The van der Waals surface area contributed by atoms with Crippen LogP contribution in [0.2, 0.25) is 0 Å². The second-order valence-corrected chi connectivity index (χ2v) is 9.06. The van der Waals surface area contributed by atoms with Crippen LogP contribution in [0.4, 0.5) is 4.39 Å². The van der Waals surface area contributed by atoms with Crippen molar-refractivity contribution < 1.29 is 4.39 Å². The zero-order valence-corrected chi connectivity index (χ0v) is 17.5. The number of hydrogen-bond donors (Lipinski definition) is 0. The van der Waals surface area contributed by atoms with Gasteiger partial charge in [-0.1, -0.05) is 6.42 Å². The molecule has 0 saturated carbocycles. The molecule has 1 aliphatic rings. The van der Waals surface area contributed by atoms with Gasteiger partial charge in [0.2, 0.25) is 0 Å². The Hall–Kier alpha value is -1.83. The summed E-state index contributed by atoms with van der Waals surface area (Å²) in [6, 6.07) is 10.5. The third-order valence-electron chi connectivity index (χ3n) is 4.87. The zero-order valence-electron chi connectivity index (χ0n) is 15.9. The van der Waals surface area contributed by atoms with Crippen LogP contribution >= 0.6 is 23.1 Å². The number of hydrogen-bond acceptors (Lipinski definition) is 6. The van der Waals surface area contributed by atoms with Crippen molar-refractivity contribution in [3.63, 3.8) is 0 Å². The smallest absolute Gasteiger partial charge is 0.124 e. The van der Waals surface area contributed by atoms with E-state index in [1.54, 1.807) is 35.2 Å². The van der Waals surface area contributed by atoms with Crippen molar-refractivity contribution in [3.05, 3.63) is 47.9 Å². The van der Waals surface area contributed by atoms with E-state index in [-0.39, 0.29) is 5.82 Å². The van der Waals surface area contributed by atoms with Crippen LogP contribution in [0, 0.1) is 12.7 Å². The van der Waals surface area contributed by atoms with Gasteiger partial charge in [-0.25, -0.2) is 9.37 Å². The minimum atomic E-state index is -0.239. The van der Waals surface area contributed by atoms with Gasteiger partial charge >= 0.3 is 0 Å². The molecular formula is C21H23FN4S2. The second-order valence-electron chi connectivity index (χ2n) is 6.95. The monoisotopic (exact) mass is 414 g/mol. The lowest BCUT2D eigenvalue weighted by Gasteiger charge is -2.25. The summed E-state index contributed by atoms with van der Waals surface area (Å²) in [5.41, 5.74) is 2.67. The number of aromatic nitrogens is 3. The Balaban J connectivity index is 1.40. The number of thiazole rings is 1. The Kier molecular flexibility index (Phi) is 6.34. The molecule has 1 aromatic carbocycles. The molecule has 0 bridgehead atoms. The highest BCUT2D eigenvalue weighted by Gasteiger charge is 2.14. The lowest BCUT2D eigenvalue weighted by atomic mass is 10.1. The molecule has 1 fully saturated rings. The van der Waals surface area contributed by atoms with Gasteiger partial charge in [-0.3, -0.25) is 0 Å². The fourth-order valence-electron chi connectivity index (χ4n) is 3.33. The molecule has 2 aromatic heterocycles. The van der Waals surface area contributed by atoms with Gasteiger partial charge in [0.15, 0.2) is 0 Å². The second kappa shape index (κ2) is 9.11. The number of piperidine rings is 1. The first-order valence-corrected chi connectivity index (χ1v) is 11.4. The van der Waals surface area contributed by atoms with Crippen molar-refractivity contribution in [1.82, 2.24) is 20.1 Å². The van der Waals surface area contributed by atoms with E-state index in [1.165, 1.54) is 44.5 Å². The summed E-state index contributed by atoms with van der Waals surface area (Å²) >= 11 is 3.33. The summed E-state index contributed by atoms with van der Waals surface area (Å²) in [6.45, 7) is 5.54. The van der Waals surface area contributed by atoms with Crippen molar-refractivity contribution in [2.24, 2.45) is 0 Å². The molecule has 1 aliphatic heterocycles. The topological polar surface area (TPSA) is 41.9 Å². The van der Waals surface area contributed by atoms with Crippen LogP contribution in [0.3, 0.4) is 0 Å². The van der Waals surface area contributed by atoms with E-state index in [1.807, 2.05) is 19.1 Å². The van der Waals surface area contributed by atoms with E-state index in [2.05, 4.69) is 20.1 Å². The molecule has 146 valence electrons. The zero-order chi connectivity index (χ0) is 19.3. The molecule has 3 aromatic rings. The Labute approximate surface area is 173 Å². The molecular weight excluding hydrogens is 391 g/mol. The summed E-state index contributed by atoms with van der Waals surface area (Å²) < 4.78 is 13.1. The minimum Gasteiger partial charge on any atom is -0.303 e. The summed E-state index contributed by atoms with van der Waals surface area (Å²) in [5.74, 6) is 0.805. The van der Waals surface area contributed by atoms with Crippen LogP contribution in [-0.4, -0.2) is 45.5 Å². The van der Waals surface area contributed by atoms with E-state index in [4.69, 9.17) is 0 Å². The Bertz CT molecular complexity index is 903. The van der Waals surface area contributed by atoms with Gasteiger partial charge in [0, 0.05) is 17.9 Å². The highest BCUT2D eigenvalue weighted by Crippen LogP contribution is 2.34. The van der Waals surface area contributed by atoms with Gasteiger partial charge in [-0.2, -0.15) is 0 Å². The number of benzene rings is 1. The Morgan fingerprint density at radius 1 is 1.04 bits per heavy atom. The lowest BCUT2D eigenvalue weighted by Crippen LogP contribution is -2.31. The van der Waals surface area contributed by atoms with E-state index in [0.717, 1.165) is 44.2 Å². The van der Waals surface area contributed by atoms with Crippen LogP contribution < -0.4 is 0 Å². The van der Waals surface area contributed by atoms with Crippen molar-refractivity contribution in [3.8, 4) is 21.1 Å². The molecule has 0 unspecified atom stereocenters. The van der Waals surface area contributed by atoms with Crippen LogP contribution in [0.15, 0.2) is 41.4 Å². The Morgan fingerprint density at radius 3 is 2.54 bits per heavy atom. The fourth-order valence-corrected chi connectivity index (χ4v) is 5.19. The lowest BCUT2D eigenvalue weighted by molar-refractivity contribution is 0.242. The summed E-state index contributed by atoms with van der Waals surface area (Å²) in [6.07, 6.45) is 4.02. The molecule has 1 saturated heterocycles. The minimum absolute atomic E-state index is 0.239. The quantitative estimate of drug-likeness (QED) is 0.513. The number of aryl methyl sites for hydroxylation is 1. The SMILES string of the molecule is Cc1nc(-c2ccc(F)cc2)sc1-c1ccc(SCCN2CCCCC2)nn1. The fraction of sp³-hybridized carbons (Fsp3) is 0.381. The maximum atomic E-state index is 13.1. The first-order chi connectivity index (χ1) is 13.7. The predicted molar refractivity (Wildman–Crippen MR) is 114 cm³/mol. The number of thioether (sulfide) groups is 1. The molecule has 0 atom stereocenters. The highest BCUT2D eigenvalue weighted by molar-refractivity contribution is 7.99. The maximum absolute atomic E-state index is 13.1. The van der Waals surface area contributed by atoms with Gasteiger partial charge < -0.3 is 4.90 Å². The molecule has 0 aliphatic carbocycles. The van der Waals surface area contributed by atoms with Crippen LogP contribution in [0.5, 0.6) is 0 Å². The molecule has 7 heteroatoms. The summed E-state index contributed by atoms with van der Waals surface area (Å²) in [4.78, 5) is 8.18. The maximum Gasteiger partial charge on any atom is 0.124 e. The average Bonchev–Trinajstić information content (AvgIpc) is 3.11. The molecule has 4 nitrogen and oxygen atoms in total. The van der Waals surface area contributed by atoms with Gasteiger partial charge in [-0.05, 0) is 69.3 Å². The van der Waals surface area contributed by atoms with Crippen LogP contribution in [0.25, 0.3) is 21.1 Å². The molecule has 4 rings (SSSR count). The normalized spacial score (nSPS) is 15.1. The predicted octanol–water partition coefficient (Wildman–Crippen LogP) is 5.29. The van der Waals surface area contributed by atoms with E-state index >= 15 is 0 Å². The van der Waals surface area contributed by atoms with E-state index < -0.39 is 0 Å². The van der Waals surface area contributed by atoms with Crippen molar-refractivity contribution in [2.45, 2.75) is 31.2 Å². The van der Waals surface area contributed by atoms with E-state index in [0.29, 0.717) is 0 Å². The van der Waals surface area contributed by atoms with Crippen molar-refractivity contribution in [1.29, 1.82) is 0 Å². The molecule has 0 amide bonds. The third kappa shape index (κ3) is 4.77. The van der Waals surface area contributed by atoms with E-state index in [9.17, 15) is 4.39 Å². The third-order valence-corrected chi connectivity index (χ3v) is 7.00. The average molecular weight is 415 g/mol. The van der Waals surface area contributed by atoms with Gasteiger partial charge in [0.05, 0.1) is 10.6 Å². The summed E-state index contributed by atoms with van der Waals surface area (Å²) in [7, 11) is 0. The molecule has 0 radical (unpaired) electrons. The van der Waals surface area contributed by atoms with Crippen molar-refractivity contribution >= 4 is 23.1 Å². The largest absolute Gasteiger partial charge is 0.303 e. The molecule has 0 N–H and O–H groups in total. The highest BCUT2D eigenvalue weighted by atomic mass is 32.2.